The summed E-state index contributed by atoms with van der Waals surface area (Å²) in [5, 5.41) is 1.13. The molecule has 0 aliphatic rings. The van der Waals surface area contributed by atoms with Crippen LogP contribution in [-0.2, 0) is 11.2 Å². The first-order chi connectivity index (χ1) is 8.45. The number of carbonyl (C=O) groups is 1. The topological polar surface area (TPSA) is 55.6 Å². The molecule has 1 aromatic carbocycles. The fourth-order valence-corrected chi connectivity index (χ4v) is 1.82. The first kappa shape index (κ1) is 14.5. The molecule has 0 aromatic heterocycles. The fourth-order valence-electron chi connectivity index (χ4n) is 1.82. The maximum absolute atomic E-state index is 11.4. The molecule has 0 aliphatic carbocycles. The number of rotatable bonds is 5. The molecular formula is C14H22N2O2. The maximum atomic E-state index is 11.4. The molecule has 18 heavy (non-hydrogen) atoms. The molecule has 0 spiro atoms. The number of nitrogens with two attached hydrogens (primary N) is 1. The van der Waals surface area contributed by atoms with Crippen LogP contribution in [-0.4, -0.2) is 25.1 Å². The maximum Gasteiger partial charge on any atom is 0.236 e. The highest BCUT2D eigenvalue weighted by molar-refractivity contribution is 5.75. The van der Waals surface area contributed by atoms with Gasteiger partial charge in [-0.2, -0.15) is 0 Å². The number of carbonyl (C=O) groups excluding carboxylic acids is 1. The van der Waals surface area contributed by atoms with Crippen molar-refractivity contribution < 1.29 is 9.53 Å². The van der Waals surface area contributed by atoms with Crippen LogP contribution >= 0.6 is 0 Å². The molecule has 0 bridgehead atoms. The summed E-state index contributed by atoms with van der Waals surface area (Å²) in [4.78, 5) is 11.4. The quantitative estimate of drug-likeness (QED) is 0.494. The number of amides is 1. The Bertz CT molecular complexity index is 414. The summed E-state index contributed by atoms with van der Waals surface area (Å²) < 4.78 is 5.33. The molecular weight excluding hydrogens is 228 g/mol. The Balaban J connectivity index is 2.79. The van der Waals surface area contributed by atoms with Crippen LogP contribution in [0.15, 0.2) is 18.2 Å². The van der Waals surface area contributed by atoms with Gasteiger partial charge in [-0.25, -0.2) is 5.84 Å². The van der Waals surface area contributed by atoms with Gasteiger partial charge >= 0.3 is 0 Å². The molecule has 4 nitrogen and oxygen atoms in total. The SMILES string of the molecule is COc1ccc(CCC(=O)N(C)N)cc1C(C)C. The van der Waals surface area contributed by atoms with Gasteiger partial charge in [-0.3, -0.25) is 9.80 Å². The Hall–Kier alpha value is -1.55. The predicted octanol–water partition coefficient (Wildman–Crippen LogP) is 2.08. The first-order valence-electron chi connectivity index (χ1n) is 6.13. The van der Waals surface area contributed by atoms with Gasteiger partial charge in [-0.05, 0) is 29.5 Å². The van der Waals surface area contributed by atoms with Crippen LogP contribution in [0.3, 0.4) is 0 Å². The minimum absolute atomic E-state index is 0.0584. The van der Waals surface area contributed by atoms with E-state index in [0.29, 0.717) is 18.8 Å². The highest BCUT2D eigenvalue weighted by Gasteiger charge is 2.10. The molecule has 100 valence electrons. The Morgan fingerprint density at radius 1 is 1.44 bits per heavy atom. The number of ether oxygens (including phenoxy) is 1. The molecule has 0 saturated carbocycles. The summed E-state index contributed by atoms with van der Waals surface area (Å²) in [5.74, 6) is 6.62. The van der Waals surface area contributed by atoms with Crippen LogP contribution in [0.2, 0.25) is 0 Å². The largest absolute Gasteiger partial charge is 0.496 e. The second-order valence-electron chi connectivity index (χ2n) is 4.74. The standard InChI is InChI=1S/C14H22N2O2/c1-10(2)12-9-11(5-7-13(12)18-4)6-8-14(17)16(3)15/h5,7,9-10H,6,8,15H2,1-4H3. The van der Waals surface area contributed by atoms with E-state index in [2.05, 4.69) is 19.9 Å². The number of hydrogen-bond donors (Lipinski definition) is 1. The van der Waals surface area contributed by atoms with E-state index in [1.807, 2.05) is 12.1 Å². The van der Waals surface area contributed by atoms with Gasteiger partial charge in [0.1, 0.15) is 5.75 Å². The van der Waals surface area contributed by atoms with Gasteiger partial charge in [0.15, 0.2) is 0 Å². The lowest BCUT2D eigenvalue weighted by Crippen LogP contribution is -2.33. The van der Waals surface area contributed by atoms with Crippen LogP contribution in [0.4, 0.5) is 0 Å². The third-order valence-corrected chi connectivity index (χ3v) is 2.94. The number of aryl methyl sites for hydroxylation is 1. The Morgan fingerprint density at radius 2 is 2.11 bits per heavy atom. The molecule has 1 aromatic rings. The highest BCUT2D eigenvalue weighted by atomic mass is 16.5. The van der Waals surface area contributed by atoms with Gasteiger partial charge in [0.25, 0.3) is 0 Å². The van der Waals surface area contributed by atoms with Gasteiger partial charge in [-0.1, -0.05) is 26.0 Å². The van der Waals surface area contributed by atoms with E-state index in [9.17, 15) is 4.79 Å². The third-order valence-electron chi connectivity index (χ3n) is 2.94. The van der Waals surface area contributed by atoms with E-state index < -0.39 is 0 Å². The average molecular weight is 250 g/mol. The molecule has 2 N–H and O–H groups in total. The average Bonchev–Trinajstić information content (AvgIpc) is 2.35. The smallest absolute Gasteiger partial charge is 0.236 e. The summed E-state index contributed by atoms with van der Waals surface area (Å²) in [6.07, 6.45) is 1.13. The third kappa shape index (κ3) is 3.74. The number of nitrogens with zero attached hydrogens (tertiary/aromatic N) is 1. The Labute approximate surface area is 109 Å². The highest BCUT2D eigenvalue weighted by Crippen LogP contribution is 2.27. The van der Waals surface area contributed by atoms with Gasteiger partial charge in [-0.15, -0.1) is 0 Å². The summed E-state index contributed by atoms with van der Waals surface area (Å²) in [6, 6.07) is 6.06. The summed E-state index contributed by atoms with van der Waals surface area (Å²) in [6.45, 7) is 4.25. The first-order valence-corrected chi connectivity index (χ1v) is 6.13. The van der Waals surface area contributed by atoms with Crippen molar-refractivity contribution in [3.05, 3.63) is 29.3 Å². The van der Waals surface area contributed by atoms with Crippen molar-refractivity contribution in [1.82, 2.24) is 5.01 Å². The van der Waals surface area contributed by atoms with Crippen LogP contribution in [0.25, 0.3) is 0 Å². The van der Waals surface area contributed by atoms with Gasteiger partial charge in [0.2, 0.25) is 5.91 Å². The fraction of sp³-hybridized carbons (Fsp3) is 0.500. The number of benzene rings is 1. The zero-order valence-electron chi connectivity index (χ0n) is 11.6. The van der Waals surface area contributed by atoms with E-state index in [1.54, 1.807) is 14.2 Å². The van der Waals surface area contributed by atoms with Gasteiger partial charge in [0.05, 0.1) is 7.11 Å². The second kappa shape index (κ2) is 6.40. The Morgan fingerprint density at radius 3 is 2.61 bits per heavy atom. The molecule has 0 fully saturated rings. The zero-order valence-corrected chi connectivity index (χ0v) is 11.6. The normalized spacial score (nSPS) is 10.6. The predicted molar refractivity (Wildman–Crippen MR) is 72.4 cm³/mol. The van der Waals surface area contributed by atoms with Crippen LogP contribution in [0, 0.1) is 0 Å². The molecule has 4 heteroatoms. The molecule has 1 rings (SSSR count). The monoisotopic (exact) mass is 250 g/mol. The molecule has 1 amide bonds. The van der Waals surface area contributed by atoms with Crippen molar-refractivity contribution in [2.45, 2.75) is 32.6 Å². The van der Waals surface area contributed by atoms with E-state index >= 15 is 0 Å². The van der Waals surface area contributed by atoms with Crippen molar-refractivity contribution in [3.8, 4) is 5.75 Å². The number of hydrogen-bond acceptors (Lipinski definition) is 3. The molecule has 0 heterocycles. The van der Waals surface area contributed by atoms with Crippen LogP contribution in [0.5, 0.6) is 5.75 Å². The minimum atomic E-state index is -0.0584. The minimum Gasteiger partial charge on any atom is -0.496 e. The van der Waals surface area contributed by atoms with Gasteiger partial charge in [0, 0.05) is 13.5 Å². The van der Waals surface area contributed by atoms with E-state index in [1.165, 1.54) is 5.56 Å². The van der Waals surface area contributed by atoms with Crippen molar-refractivity contribution >= 4 is 5.91 Å². The van der Waals surface area contributed by atoms with Crippen LogP contribution in [0.1, 0.15) is 37.3 Å². The van der Waals surface area contributed by atoms with E-state index in [-0.39, 0.29) is 5.91 Å². The second-order valence-corrected chi connectivity index (χ2v) is 4.74. The van der Waals surface area contributed by atoms with Crippen molar-refractivity contribution in [2.24, 2.45) is 5.84 Å². The lowest BCUT2D eigenvalue weighted by atomic mass is 9.97. The molecule has 0 atom stereocenters. The van der Waals surface area contributed by atoms with E-state index in [0.717, 1.165) is 16.3 Å². The summed E-state index contributed by atoms with van der Waals surface area (Å²) in [5.41, 5.74) is 2.30. The lowest BCUT2D eigenvalue weighted by Gasteiger charge is -2.14. The number of methoxy groups -OCH3 is 1. The lowest BCUT2D eigenvalue weighted by molar-refractivity contribution is -0.130. The summed E-state index contributed by atoms with van der Waals surface area (Å²) in [7, 11) is 3.24. The molecule has 0 saturated heterocycles. The van der Waals surface area contributed by atoms with Crippen molar-refractivity contribution in [1.29, 1.82) is 0 Å². The van der Waals surface area contributed by atoms with E-state index in [4.69, 9.17) is 10.6 Å². The van der Waals surface area contributed by atoms with Crippen molar-refractivity contribution in [3.63, 3.8) is 0 Å². The summed E-state index contributed by atoms with van der Waals surface area (Å²) >= 11 is 0. The molecule has 0 aliphatic heterocycles. The molecule has 0 unspecified atom stereocenters. The van der Waals surface area contributed by atoms with Crippen molar-refractivity contribution in [2.75, 3.05) is 14.2 Å². The molecule has 0 radical (unpaired) electrons. The zero-order chi connectivity index (χ0) is 13.7. The van der Waals surface area contributed by atoms with Gasteiger partial charge < -0.3 is 4.74 Å². The number of hydrazine groups is 1. The Kier molecular flexibility index (Phi) is 5.16. The van der Waals surface area contributed by atoms with Crippen LogP contribution < -0.4 is 10.6 Å².